The molecule has 0 aliphatic carbocycles. The topological polar surface area (TPSA) is 104 Å². The Labute approximate surface area is 227 Å². The summed E-state index contributed by atoms with van der Waals surface area (Å²) in [6.45, 7) is 3.61. The fraction of sp³-hybridized carbons (Fsp3) is 0.296. The van der Waals surface area contributed by atoms with E-state index in [9.17, 15) is 8.42 Å². The third kappa shape index (κ3) is 5.88. The van der Waals surface area contributed by atoms with E-state index in [1.54, 1.807) is 18.2 Å². The Morgan fingerprint density at radius 1 is 0.947 bits per heavy atom. The highest BCUT2D eigenvalue weighted by Gasteiger charge is 2.29. The number of anilines is 1. The average molecular weight is 553 g/mol. The Kier molecular flexibility index (Phi) is 7.75. The number of fused-ring (bicyclic) bond motifs is 3. The zero-order chi connectivity index (χ0) is 26.7. The first-order chi connectivity index (χ1) is 18.3. The second-order valence-electron chi connectivity index (χ2n) is 9.49. The number of pyridine rings is 1. The molecule has 0 amide bonds. The molecule has 2 aromatic carbocycles. The molecule has 9 nitrogen and oxygen atoms in total. The van der Waals surface area contributed by atoms with Gasteiger partial charge in [0.05, 0.1) is 17.1 Å². The number of aromatic nitrogens is 4. The minimum Gasteiger partial charge on any atom is -0.357 e. The van der Waals surface area contributed by atoms with Crippen molar-refractivity contribution in [2.75, 3.05) is 25.0 Å². The first-order valence-electron chi connectivity index (χ1n) is 12.4. The Morgan fingerprint density at radius 2 is 1.68 bits per heavy atom. The highest BCUT2D eigenvalue weighted by molar-refractivity contribution is 7.85. The van der Waals surface area contributed by atoms with Gasteiger partial charge in [0.15, 0.2) is 5.82 Å². The van der Waals surface area contributed by atoms with Gasteiger partial charge in [-0.05, 0) is 67.9 Å². The highest BCUT2D eigenvalue weighted by atomic mass is 35.5. The summed E-state index contributed by atoms with van der Waals surface area (Å²) < 4.78 is 31.5. The third-order valence-electron chi connectivity index (χ3n) is 6.76. The van der Waals surface area contributed by atoms with Crippen LogP contribution in [0.2, 0.25) is 5.02 Å². The number of benzene rings is 2. The Hall–Kier alpha value is -3.31. The molecule has 0 radical (unpaired) electrons. The lowest BCUT2D eigenvalue weighted by Crippen LogP contribution is -2.34. The van der Waals surface area contributed by atoms with E-state index in [-0.39, 0.29) is 4.90 Å². The normalized spacial score (nSPS) is 16.1. The molecule has 0 saturated carbocycles. The summed E-state index contributed by atoms with van der Waals surface area (Å²) in [6.07, 6.45) is 3.96. The van der Waals surface area contributed by atoms with Gasteiger partial charge in [0.25, 0.3) is 10.1 Å². The van der Waals surface area contributed by atoms with E-state index >= 15 is 0 Å². The van der Waals surface area contributed by atoms with E-state index in [1.165, 1.54) is 17.7 Å². The van der Waals surface area contributed by atoms with E-state index < -0.39 is 10.1 Å². The molecule has 6 rings (SSSR count). The molecule has 1 saturated heterocycles. The van der Waals surface area contributed by atoms with Gasteiger partial charge in [0.1, 0.15) is 11.6 Å². The van der Waals surface area contributed by atoms with Crippen molar-refractivity contribution in [3.63, 3.8) is 0 Å². The van der Waals surface area contributed by atoms with Gasteiger partial charge in [0, 0.05) is 36.8 Å². The zero-order valence-electron chi connectivity index (χ0n) is 21.0. The first-order valence-corrected chi connectivity index (χ1v) is 14.2. The summed E-state index contributed by atoms with van der Waals surface area (Å²) in [7, 11) is -1.89. The van der Waals surface area contributed by atoms with Gasteiger partial charge in [-0.2, -0.15) is 8.42 Å². The average Bonchev–Trinajstić information content (AvgIpc) is 3.26. The van der Waals surface area contributed by atoms with Crippen molar-refractivity contribution in [3.05, 3.63) is 95.2 Å². The standard InChI is InChI=1S/C21H23ClN6.C6H6O3S/c1-26-13-16-12-17(22)5-6-18(16)28-20(14-26)24-25-21(28)15-7-10-27(11-8-15)19-4-2-3-9-23-19;7-10(8,9)6-4-2-1-3-5-6/h2-6,9,12,15H,7-8,10-11,13-14H2,1H3;1-5H,(H,7,8,9). The maximum atomic E-state index is 10.4. The molecular weight excluding hydrogens is 524 g/mol. The molecule has 38 heavy (non-hydrogen) atoms. The number of hydrogen-bond donors (Lipinski definition) is 1. The van der Waals surface area contributed by atoms with Crippen LogP contribution in [0.25, 0.3) is 5.69 Å². The predicted molar refractivity (Wildman–Crippen MR) is 146 cm³/mol. The largest absolute Gasteiger partial charge is 0.357 e. The van der Waals surface area contributed by atoms with E-state index in [1.807, 2.05) is 24.4 Å². The van der Waals surface area contributed by atoms with Crippen LogP contribution < -0.4 is 4.90 Å². The molecule has 198 valence electrons. The van der Waals surface area contributed by atoms with E-state index in [0.29, 0.717) is 5.92 Å². The van der Waals surface area contributed by atoms with Crippen LogP contribution in [-0.4, -0.2) is 57.8 Å². The monoisotopic (exact) mass is 552 g/mol. The van der Waals surface area contributed by atoms with Crippen LogP contribution >= 0.6 is 11.6 Å². The first kappa shape index (κ1) is 26.3. The van der Waals surface area contributed by atoms with Crippen LogP contribution in [0.5, 0.6) is 0 Å². The summed E-state index contributed by atoms with van der Waals surface area (Å²) in [5, 5.41) is 9.96. The molecule has 0 bridgehead atoms. The molecule has 0 spiro atoms. The molecule has 2 aromatic heterocycles. The van der Waals surface area contributed by atoms with Gasteiger partial charge in [-0.1, -0.05) is 35.9 Å². The van der Waals surface area contributed by atoms with Crippen LogP contribution in [-0.2, 0) is 23.2 Å². The van der Waals surface area contributed by atoms with Crippen molar-refractivity contribution >= 4 is 27.5 Å². The summed E-state index contributed by atoms with van der Waals surface area (Å²) >= 11 is 6.27. The van der Waals surface area contributed by atoms with Gasteiger partial charge in [-0.25, -0.2) is 4.98 Å². The van der Waals surface area contributed by atoms with Crippen molar-refractivity contribution < 1.29 is 13.0 Å². The van der Waals surface area contributed by atoms with Crippen molar-refractivity contribution in [1.29, 1.82) is 0 Å². The molecule has 2 aliphatic rings. The quantitative estimate of drug-likeness (QED) is 0.368. The van der Waals surface area contributed by atoms with Gasteiger partial charge in [-0.15, -0.1) is 10.2 Å². The lowest BCUT2D eigenvalue weighted by Gasteiger charge is -2.32. The van der Waals surface area contributed by atoms with Crippen LogP contribution in [0.4, 0.5) is 5.82 Å². The van der Waals surface area contributed by atoms with Crippen LogP contribution in [0.15, 0.2) is 77.8 Å². The highest BCUT2D eigenvalue weighted by Crippen LogP contribution is 2.34. The molecule has 4 aromatic rings. The summed E-state index contributed by atoms with van der Waals surface area (Å²) in [6, 6.07) is 19.6. The molecule has 11 heteroatoms. The maximum Gasteiger partial charge on any atom is 0.294 e. The molecule has 0 atom stereocenters. The molecule has 1 N–H and O–H groups in total. The molecule has 4 heterocycles. The van der Waals surface area contributed by atoms with E-state index in [4.69, 9.17) is 16.2 Å². The second-order valence-corrected chi connectivity index (χ2v) is 11.4. The molecular formula is C27H29ClN6O3S. The van der Waals surface area contributed by atoms with Crippen molar-refractivity contribution in [1.82, 2.24) is 24.6 Å². The van der Waals surface area contributed by atoms with Gasteiger partial charge >= 0.3 is 0 Å². The van der Waals surface area contributed by atoms with Crippen molar-refractivity contribution in [2.24, 2.45) is 0 Å². The number of hydrogen-bond acceptors (Lipinski definition) is 7. The maximum absolute atomic E-state index is 10.4. The molecule has 2 aliphatic heterocycles. The van der Waals surface area contributed by atoms with Crippen molar-refractivity contribution in [2.45, 2.75) is 36.7 Å². The third-order valence-corrected chi connectivity index (χ3v) is 7.87. The van der Waals surface area contributed by atoms with E-state index in [2.05, 4.69) is 54.8 Å². The summed E-state index contributed by atoms with van der Waals surface area (Å²) in [5.74, 6) is 3.54. The second kappa shape index (κ2) is 11.2. The Balaban J connectivity index is 0.000000249. The lowest BCUT2D eigenvalue weighted by molar-refractivity contribution is 0.315. The van der Waals surface area contributed by atoms with Crippen LogP contribution in [0, 0.1) is 0 Å². The summed E-state index contributed by atoms with van der Waals surface area (Å²) in [5.41, 5.74) is 2.39. The number of halogens is 1. The smallest absolute Gasteiger partial charge is 0.294 e. The number of rotatable bonds is 3. The number of piperidine rings is 1. The van der Waals surface area contributed by atoms with E-state index in [0.717, 1.165) is 67.2 Å². The SMILES string of the molecule is CN1Cc2cc(Cl)ccc2-n2c(nnc2C2CCN(c3ccccn3)CC2)C1.O=S(=O)(O)c1ccccc1. The van der Waals surface area contributed by atoms with Crippen LogP contribution in [0.3, 0.4) is 0 Å². The summed E-state index contributed by atoms with van der Waals surface area (Å²) in [4.78, 5) is 9.04. The van der Waals surface area contributed by atoms with Crippen molar-refractivity contribution in [3.8, 4) is 5.69 Å². The molecule has 1 fully saturated rings. The Bertz CT molecular complexity index is 1490. The fourth-order valence-corrected chi connectivity index (χ4v) is 5.64. The van der Waals surface area contributed by atoms with Gasteiger partial charge in [-0.3, -0.25) is 14.0 Å². The predicted octanol–water partition coefficient (Wildman–Crippen LogP) is 4.58. The van der Waals surface area contributed by atoms with Crippen LogP contribution in [0.1, 0.15) is 36.0 Å². The number of nitrogens with zero attached hydrogens (tertiary/aromatic N) is 6. The lowest BCUT2D eigenvalue weighted by atomic mass is 9.95. The van der Waals surface area contributed by atoms with Gasteiger partial charge in [0.2, 0.25) is 0 Å². The molecule has 0 unspecified atom stereocenters. The fourth-order valence-electron chi connectivity index (χ4n) is 4.95. The minimum absolute atomic E-state index is 0.0741. The minimum atomic E-state index is -4.00. The van der Waals surface area contributed by atoms with Gasteiger partial charge < -0.3 is 4.90 Å². The Morgan fingerprint density at radius 3 is 2.34 bits per heavy atom. The zero-order valence-corrected chi connectivity index (χ0v) is 22.6.